The van der Waals surface area contributed by atoms with Gasteiger partial charge < -0.3 is 19.5 Å². The third-order valence-corrected chi connectivity index (χ3v) is 14.9. The maximum atomic E-state index is 14.2. The van der Waals surface area contributed by atoms with Gasteiger partial charge in [-0.2, -0.15) is 4.98 Å². The minimum atomic E-state index is -2.99. The van der Waals surface area contributed by atoms with Gasteiger partial charge in [-0.1, -0.05) is 93.6 Å². The van der Waals surface area contributed by atoms with Gasteiger partial charge in [-0.15, -0.1) is 11.3 Å². The van der Waals surface area contributed by atoms with E-state index in [2.05, 4.69) is 89.6 Å². The second kappa shape index (κ2) is 14.1. The van der Waals surface area contributed by atoms with Crippen LogP contribution in [0.1, 0.15) is 55.1 Å². The minimum absolute atomic E-state index is 0.152. The van der Waals surface area contributed by atoms with E-state index in [-0.39, 0.29) is 16.6 Å². The number of rotatable bonds is 11. The Morgan fingerprint density at radius 2 is 1.55 bits per heavy atom. The molecule has 0 aliphatic heterocycles. The molecule has 2 heterocycles. The molecule has 6 aromatic rings. The van der Waals surface area contributed by atoms with Crippen molar-refractivity contribution in [2.75, 3.05) is 12.4 Å². The molecule has 0 saturated heterocycles. The van der Waals surface area contributed by atoms with Gasteiger partial charge in [-0.05, 0) is 77.5 Å². The van der Waals surface area contributed by atoms with Gasteiger partial charge in [0.25, 0.3) is 8.32 Å². The molecule has 2 N–H and O–H groups in total. The van der Waals surface area contributed by atoms with Gasteiger partial charge in [0, 0.05) is 5.69 Å². The molecule has 252 valence electrons. The Bertz CT molecular complexity index is 2070. The third kappa shape index (κ3) is 7.08. The number of aryl methyl sites for hydroxylation is 3. The molecular formula is C39H41FN4O3SSi. The fraction of sp³-hybridized carbons (Fsp3) is 0.256. The normalized spacial score (nSPS) is 12.6. The summed E-state index contributed by atoms with van der Waals surface area (Å²) in [5.41, 5.74) is 3.72. The first-order valence-electron chi connectivity index (χ1n) is 16.3. The van der Waals surface area contributed by atoms with Crippen molar-refractivity contribution in [2.24, 2.45) is 0 Å². The molecule has 0 bridgehead atoms. The average molecular weight is 693 g/mol. The number of anilines is 2. The van der Waals surface area contributed by atoms with Crippen LogP contribution in [0, 0.1) is 19.7 Å². The molecule has 0 aliphatic carbocycles. The Balaban J connectivity index is 1.40. The first-order chi connectivity index (χ1) is 23.5. The average Bonchev–Trinajstić information content (AvgIpc) is 3.44. The van der Waals surface area contributed by atoms with Crippen LogP contribution in [-0.4, -0.2) is 30.4 Å². The zero-order valence-electron chi connectivity index (χ0n) is 28.6. The van der Waals surface area contributed by atoms with Gasteiger partial charge in [0.1, 0.15) is 5.82 Å². The minimum Gasteiger partial charge on any atom is -0.490 e. The van der Waals surface area contributed by atoms with Crippen LogP contribution in [-0.2, 0) is 10.8 Å². The number of fused-ring (bicyclic) bond motifs is 1. The fourth-order valence-electron chi connectivity index (χ4n) is 6.56. The molecule has 0 amide bonds. The van der Waals surface area contributed by atoms with Crippen LogP contribution in [0.4, 0.5) is 16.0 Å². The third-order valence-electron chi connectivity index (χ3n) is 8.88. The first kappa shape index (κ1) is 34.2. The van der Waals surface area contributed by atoms with Gasteiger partial charge in [0.15, 0.2) is 0 Å². The summed E-state index contributed by atoms with van der Waals surface area (Å²) in [6, 6.07) is 31.4. The molecule has 0 radical (unpaired) electrons. The molecule has 6 rings (SSSR count). The zero-order chi connectivity index (χ0) is 34.8. The highest BCUT2D eigenvalue weighted by Gasteiger charge is 2.51. The number of methoxy groups -OCH3 is 1. The van der Waals surface area contributed by atoms with Gasteiger partial charge in [0.2, 0.25) is 11.7 Å². The lowest BCUT2D eigenvalue weighted by atomic mass is 10.0. The van der Waals surface area contributed by atoms with Crippen molar-refractivity contribution in [3.05, 3.63) is 135 Å². The number of hydrogen-bond acceptors (Lipinski definition) is 7. The van der Waals surface area contributed by atoms with Gasteiger partial charge in [-0.25, -0.2) is 9.37 Å². The van der Waals surface area contributed by atoms with E-state index < -0.39 is 20.0 Å². The Morgan fingerprint density at radius 3 is 2.14 bits per heavy atom. The maximum absolute atomic E-state index is 14.2. The summed E-state index contributed by atoms with van der Waals surface area (Å²) >= 11 is 1.61. The van der Waals surface area contributed by atoms with Gasteiger partial charge in [-0.3, -0.25) is 4.79 Å². The smallest absolute Gasteiger partial charge is 0.317 e. The number of aromatic nitrogens is 3. The predicted molar refractivity (Wildman–Crippen MR) is 200 cm³/mol. The number of thiazole rings is 1. The first-order valence-corrected chi connectivity index (χ1v) is 19.1. The van der Waals surface area contributed by atoms with Crippen molar-refractivity contribution in [2.45, 2.75) is 58.6 Å². The number of aromatic amines is 1. The van der Waals surface area contributed by atoms with E-state index >= 15 is 0 Å². The van der Waals surface area contributed by atoms with Crippen LogP contribution < -0.4 is 26.0 Å². The molecule has 0 fully saturated rings. The second-order valence-electron chi connectivity index (χ2n) is 13.3. The van der Waals surface area contributed by atoms with Crippen molar-refractivity contribution >= 4 is 51.9 Å². The number of nitrogens with one attached hydrogen (secondary N) is 2. The number of hydrogen-bond donors (Lipinski definition) is 2. The van der Waals surface area contributed by atoms with E-state index in [1.54, 1.807) is 23.5 Å². The zero-order valence-corrected chi connectivity index (χ0v) is 30.5. The monoisotopic (exact) mass is 692 g/mol. The molecule has 49 heavy (non-hydrogen) atoms. The number of halogens is 1. The Morgan fingerprint density at radius 1 is 0.918 bits per heavy atom. The Kier molecular flexibility index (Phi) is 9.83. The summed E-state index contributed by atoms with van der Waals surface area (Å²) in [5.74, 6) is 0.153. The molecule has 10 heteroatoms. The van der Waals surface area contributed by atoms with Crippen LogP contribution in [0.25, 0.3) is 10.2 Å². The molecular weight excluding hydrogens is 652 g/mol. The van der Waals surface area contributed by atoms with Crippen molar-refractivity contribution in [1.29, 1.82) is 0 Å². The maximum Gasteiger partial charge on any atom is 0.317 e. The lowest BCUT2D eigenvalue weighted by Crippen LogP contribution is -2.66. The lowest BCUT2D eigenvalue weighted by molar-refractivity contribution is 0.180. The molecule has 4 aromatic carbocycles. The Labute approximate surface area is 291 Å². The van der Waals surface area contributed by atoms with Crippen LogP contribution in [0.15, 0.2) is 102 Å². The van der Waals surface area contributed by atoms with Crippen LogP contribution >= 0.6 is 11.3 Å². The predicted octanol–water partition coefficient (Wildman–Crippen LogP) is 8.14. The molecule has 1 unspecified atom stereocenters. The second-order valence-corrected chi connectivity index (χ2v) is 18.7. The van der Waals surface area contributed by atoms with Crippen LogP contribution in [0.5, 0.6) is 5.75 Å². The molecule has 1 atom stereocenters. The van der Waals surface area contributed by atoms with E-state index in [0.717, 1.165) is 42.4 Å². The van der Waals surface area contributed by atoms with Crippen molar-refractivity contribution in [3.63, 3.8) is 0 Å². The van der Waals surface area contributed by atoms with Gasteiger partial charge in [0.05, 0.1) is 34.1 Å². The van der Waals surface area contributed by atoms with Crippen molar-refractivity contribution < 1.29 is 13.6 Å². The highest BCUT2D eigenvalue weighted by atomic mass is 32.1. The lowest BCUT2D eigenvalue weighted by Gasteiger charge is -2.45. The largest absolute Gasteiger partial charge is 0.490 e. The summed E-state index contributed by atoms with van der Waals surface area (Å²) in [5, 5.41) is 6.32. The SMILES string of the molecule is COc1c(CCC(O[Si](c2ccccc2)(c2ccccc2)C(C)(C)C)c2ccc(F)cc2)[nH]c(Nc2cc3sc(C)nc3cc2C)nc1=O. The topological polar surface area (TPSA) is 89.1 Å². The van der Waals surface area contributed by atoms with E-state index in [4.69, 9.17) is 9.16 Å². The standard InChI is InChI=1S/C39H41FN4O3SSi/c1-25-23-33-35(48-26(2)41-33)24-32(25)43-38-42-31(36(46-6)37(45)44-38)21-22-34(27-17-19-28(40)20-18-27)47-49(39(3,4)5,29-13-9-7-10-14-29)30-15-11-8-12-16-30/h7-20,23-24,34H,21-22H2,1-6H3,(H2,42,43,44,45). The number of ether oxygens (including phenoxy) is 1. The molecule has 7 nitrogen and oxygen atoms in total. The highest BCUT2D eigenvalue weighted by molar-refractivity contribution is 7.18. The van der Waals surface area contributed by atoms with E-state index in [0.29, 0.717) is 24.5 Å². The summed E-state index contributed by atoms with van der Waals surface area (Å²) in [6.45, 7) is 10.7. The van der Waals surface area contributed by atoms with Gasteiger partial charge >= 0.3 is 5.56 Å². The van der Waals surface area contributed by atoms with Crippen molar-refractivity contribution in [3.8, 4) is 5.75 Å². The number of H-pyrrole nitrogens is 1. The summed E-state index contributed by atoms with van der Waals surface area (Å²) in [7, 11) is -1.52. The van der Waals surface area contributed by atoms with Crippen LogP contribution in [0.3, 0.4) is 0 Å². The molecule has 0 saturated carbocycles. The molecule has 0 spiro atoms. The number of benzene rings is 4. The molecule has 2 aromatic heterocycles. The molecule has 0 aliphatic rings. The summed E-state index contributed by atoms with van der Waals surface area (Å²) in [6.07, 6.45) is 0.447. The fourth-order valence-corrected chi connectivity index (χ4v) is 12.1. The van der Waals surface area contributed by atoms with E-state index in [1.165, 1.54) is 19.2 Å². The summed E-state index contributed by atoms with van der Waals surface area (Å²) < 4.78 is 28.4. The number of nitrogens with zero attached hydrogens (tertiary/aromatic N) is 2. The van der Waals surface area contributed by atoms with E-state index in [1.807, 2.05) is 38.1 Å². The Hall–Kier alpha value is -4.64. The van der Waals surface area contributed by atoms with E-state index in [9.17, 15) is 9.18 Å². The highest BCUT2D eigenvalue weighted by Crippen LogP contribution is 2.41. The summed E-state index contributed by atoms with van der Waals surface area (Å²) in [4.78, 5) is 25.5. The van der Waals surface area contributed by atoms with Crippen LogP contribution in [0.2, 0.25) is 5.04 Å². The quantitative estimate of drug-likeness (QED) is 0.133. The van der Waals surface area contributed by atoms with Crippen molar-refractivity contribution in [1.82, 2.24) is 15.0 Å².